The van der Waals surface area contributed by atoms with E-state index in [2.05, 4.69) is 15.0 Å². The molecule has 9 heteroatoms. The minimum absolute atomic E-state index is 0.208. The van der Waals surface area contributed by atoms with Crippen molar-refractivity contribution in [1.82, 2.24) is 14.4 Å². The van der Waals surface area contributed by atoms with E-state index in [0.29, 0.717) is 37.6 Å². The molecule has 0 radical (unpaired) electrons. The van der Waals surface area contributed by atoms with Crippen LogP contribution >= 0.6 is 0 Å². The first-order valence-corrected chi connectivity index (χ1v) is 12.4. The fraction of sp³-hybridized carbons (Fsp3) is 0.200. The second-order valence-corrected chi connectivity index (χ2v) is 9.85. The molecule has 5 rings (SSSR count). The van der Waals surface area contributed by atoms with Gasteiger partial charge in [-0.25, -0.2) is 8.42 Å². The highest BCUT2D eigenvalue weighted by molar-refractivity contribution is 7.89. The van der Waals surface area contributed by atoms with Gasteiger partial charge in [-0.15, -0.1) is 0 Å². The zero-order chi connectivity index (χ0) is 23.5. The Morgan fingerprint density at radius 3 is 2.35 bits per heavy atom. The number of nitrogens with zero attached hydrogens (tertiary/aromatic N) is 4. The SMILES string of the molecule is COc1cccc(N2CCN(S(=O)(=O)c3cccc(-c4nc(-c5ccccc5)no4)c3)CC2)c1. The summed E-state index contributed by atoms with van der Waals surface area (Å²) in [5.41, 5.74) is 2.41. The van der Waals surface area contributed by atoms with Crippen molar-refractivity contribution in [2.24, 2.45) is 0 Å². The molecule has 0 bridgehead atoms. The van der Waals surface area contributed by atoms with Crippen LogP contribution in [0.25, 0.3) is 22.8 Å². The van der Waals surface area contributed by atoms with Crippen LogP contribution in [0.15, 0.2) is 88.3 Å². The maximum Gasteiger partial charge on any atom is 0.258 e. The number of piperazine rings is 1. The second-order valence-electron chi connectivity index (χ2n) is 7.91. The molecule has 0 spiro atoms. The third kappa shape index (κ3) is 4.40. The fourth-order valence-electron chi connectivity index (χ4n) is 3.98. The van der Waals surface area contributed by atoms with E-state index in [1.54, 1.807) is 31.4 Å². The van der Waals surface area contributed by atoms with Crippen LogP contribution in [-0.2, 0) is 10.0 Å². The Kier molecular flexibility index (Phi) is 6.04. The molecule has 0 aliphatic carbocycles. The van der Waals surface area contributed by atoms with Crippen molar-refractivity contribution in [2.45, 2.75) is 4.90 Å². The van der Waals surface area contributed by atoms with Crippen molar-refractivity contribution in [3.63, 3.8) is 0 Å². The van der Waals surface area contributed by atoms with E-state index >= 15 is 0 Å². The van der Waals surface area contributed by atoms with Crippen LogP contribution in [0.4, 0.5) is 5.69 Å². The Morgan fingerprint density at radius 1 is 0.853 bits per heavy atom. The highest BCUT2D eigenvalue weighted by Gasteiger charge is 2.29. The molecule has 174 valence electrons. The molecular weight excluding hydrogens is 452 g/mol. The number of hydrogen-bond donors (Lipinski definition) is 0. The molecule has 2 heterocycles. The summed E-state index contributed by atoms with van der Waals surface area (Å²) in [5.74, 6) is 1.51. The molecule has 0 N–H and O–H groups in total. The topological polar surface area (TPSA) is 88.8 Å². The van der Waals surface area contributed by atoms with Crippen LogP contribution in [0.5, 0.6) is 5.75 Å². The average Bonchev–Trinajstić information content (AvgIpc) is 3.40. The van der Waals surface area contributed by atoms with Crippen LogP contribution in [0, 0.1) is 0 Å². The molecule has 4 aromatic rings. The number of aromatic nitrogens is 2. The normalized spacial score (nSPS) is 14.8. The molecule has 0 unspecified atom stereocenters. The predicted octanol–water partition coefficient (Wildman–Crippen LogP) is 3.92. The minimum Gasteiger partial charge on any atom is -0.497 e. The van der Waals surface area contributed by atoms with Crippen molar-refractivity contribution in [2.75, 3.05) is 38.2 Å². The molecular formula is C25H24N4O4S. The highest BCUT2D eigenvalue weighted by Crippen LogP contribution is 2.27. The van der Waals surface area contributed by atoms with Crippen molar-refractivity contribution in [3.05, 3.63) is 78.9 Å². The van der Waals surface area contributed by atoms with E-state index in [-0.39, 0.29) is 10.8 Å². The van der Waals surface area contributed by atoms with E-state index in [0.717, 1.165) is 17.0 Å². The number of benzene rings is 3. The average molecular weight is 477 g/mol. The molecule has 8 nitrogen and oxygen atoms in total. The molecule has 1 fully saturated rings. The summed E-state index contributed by atoms with van der Waals surface area (Å²) in [4.78, 5) is 6.81. The number of sulfonamides is 1. The molecule has 0 atom stereocenters. The van der Waals surface area contributed by atoms with Gasteiger partial charge in [-0.3, -0.25) is 0 Å². The molecule has 1 saturated heterocycles. The summed E-state index contributed by atoms with van der Waals surface area (Å²) in [7, 11) is -2.03. The lowest BCUT2D eigenvalue weighted by Gasteiger charge is -2.35. The molecule has 34 heavy (non-hydrogen) atoms. The lowest BCUT2D eigenvalue weighted by atomic mass is 10.2. The van der Waals surface area contributed by atoms with Crippen molar-refractivity contribution >= 4 is 15.7 Å². The van der Waals surface area contributed by atoms with E-state index in [9.17, 15) is 8.42 Å². The van der Waals surface area contributed by atoms with Crippen LogP contribution in [0.3, 0.4) is 0 Å². The van der Waals surface area contributed by atoms with Gasteiger partial charge in [0.1, 0.15) is 5.75 Å². The lowest BCUT2D eigenvalue weighted by Crippen LogP contribution is -2.48. The number of methoxy groups -OCH3 is 1. The maximum absolute atomic E-state index is 13.4. The van der Waals surface area contributed by atoms with Gasteiger partial charge < -0.3 is 14.2 Å². The summed E-state index contributed by atoms with van der Waals surface area (Å²) >= 11 is 0. The first kappa shape index (κ1) is 22.1. The second kappa shape index (κ2) is 9.28. The number of anilines is 1. The van der Waals surface area contributed by atoms with Gasteiger partial charge in [0.15, 0.2) is 0 Å². The van der Waals surface area contributed by atoms with Gasteiger partial charge in [-0.1, -0.05) is 47.6 Å². The van der Waals surface area contributed by atoms with Gasteiger partial charge in [-0.2, -0.15) is 9.29 Å². The Morgan fingerprint density at radius 2 is 1.59 bits per heavy atom. The number of ether oxygens (including phenoxy) is 1. The summed E-state index contributed by atoms with van der Waals surface area (Å²) < 4.78 is 39.0. The summed E-state index contributed by atoms with van der Waals surface area (Å²) in [6.45, 7) is 1.97. The van der Waals surface area contributed by atoms with E-state index in [1.807, 2.05) is 54.6 Å². The smallest absolute Gasteiger partial charge is 0.258 e. The number of rotatable bonds is 6. The molecule has 1 aliphatic rings. The van der Waals surface area contributed by atoms with Gasteiger partial charge in [-0.05, 0) is 30.3 Å². The van der Waals surface area contributed by atoms with Crippen molar-refractivity contribution in [3.8, 4) is 28.6 Å². The summed E-state index contributed by atoms with van der Waals surface area (Å²) in [6, 6.07) is 23.9. The van der Waals surface area contributed by atoms with Crippen LogP contribution in [0.1, 0.15) is 0 Å². The quantitative estimate of drug-likeness (QED) is 0.417. The predicted molar refractivity (Wildman–Crippen MR) is 129 cm³/mol. The van der Waals surface area contributed by atoms with Gasteiger partial charge >= 0.3 is 0 Å². The van der Waals surface area contributed by atoms with E-state index in [1.165, 1.54) is 4.31 Å². The van der Waals surface area contributed by atoms with Gasteiger partial charge in [0.05, 0.1) is 12.0 Å². The summed E-state index contributed by atoms with van der Waals surface area (Å²) in [5, 5.41) is 4.03. The summed E-state index contributed by atoms with van der Waals surface area (Å²) in [6.07, 6.45) is 0. The monoisotopic (exact) mass is 476 g/mol. The first-order valence-electron chi connectivity index (χ1n) is 10.9. The Bertz CT molecular complexity index is 1380. The zero-order valence-electron chi connectivity index (χ0n) is 18.7. The van der Waals surface area contributed by atoms with Crippen LogP contribution < -0.4 is 9.64 Å². The van der Waals surface area contributed by atoms with E-state index in [4.69, 9.17) is 9.26 Å². The molecule has 3 aromatic carbocycles. The molecule has 0 amide bonds. The molecule has 1 aliphatic heterocycles. The standard InChI is InChI=1S/C25H24N4O4S/c1-32-22-11-6-10-21(18-22)28-13-15-29(16-14-28)34(30,31)23-12-5-9-20(17-23)25-26-24(27-33-25)19-7-3-2-4-8-19/h2-12,17-18H,13-16H2,1H3. The van der Waals surface area contributed by atoms with Crippen molar-refractivity contribution < 1.29 is 17.7 Å². The van der Waals surface area contributed by atoms with Gasteiger partial charge in [0.2, 0.25) is 15.8 Å². The fourth-order valence-corrected chi connectivity index (χ4v) is 5.45. The maximum atomic E-state index is 13.4. The number of hydrogen-bond acceptors (Lipinski definition) is 7. The first-order chi connectivity index (χ1) is 16.5. The van der Waals surface area contributed by atoms with Gasteiger partial charge in [0.25, 0.3) is 5.89 Å². The highest BCUT2D eigenvalue weighted by atomic mass is 32.2. The Hall–Kier alpha value is -3.69. The van der Waals surface area contributed by atoms with E-state index < -0.39 is 10.0 Å². The van der Waals surface area contributed by atoms with Crippen LogP contribution in [-0.4, -0.2) is 56.2 Å². The van der Waals surface area contributed by atoms with Crippen molar-refractivity contribution in [1.29, 1.82) is 0 Å². The van der Waals surface area contributed by atoms with Gasteiger partial charge in [0, 0.05) is 49.1 Å². The zero-order valence-corrected chi connectivity index (χ0v) is 19.5. The van der Waals surface area contributed by atoms with Crippen LogP contribution in [0.2, 0.25) is 0 Å². The third-order valence-corrected chi connectivity index (χ3v) is 7.73. The largest absolute Gasteiger partial charge is 0.497 e. The molecule has 0 saturated carbocycles. The Balaban J connectivity index is 1.32. The Labute approximate surface area is 198 Å². The third-order valence-electron chi connectivity index (χ3n) is 5.83. The molecule has 1 aromatic heterocycles. The lowest BCUT2D eigenvalue weighted by molar-refractivity contribution is 0.384. The minimum atomic E-state index is -3.66.